The van der Waals surface area contributed by atoms with E-state index in [1.54, 1.807) is 0 Å². The molecule has 30 heavy (non-hydrogen) atoms. The second kappa shape index (κ2) is 9.29. The Morgan fingerprint density at radius 1 is 1.07 bits per heavy atom. The topological polar surface area (TPSA) is 46.9 Å². The van der Waals surface area contributed by atoms with Crippen LogP contribution >= 0.6 is 0 Å². The van der Waals surface area contributed by atoms with Crippen molar-refractivity contribution in [2.75, 3.05) is 0 Å². The van der Waals surface area contributed by atoms with Gasteiger partial charge in [0, 0.05) is 18.2 Å². The molecule has 1 N–H and O–H groups in total. The van der Waals surface area contributed by atoms with Crippen molar-refractivity contribution in [3.8, 4) is 11.4 Å². The molecule has 1 aliphatic heterocycles. The van der Waals surface area contributed by atoms with Crippen LogP contribution in [0.4, 0.5) is 0 Å². The van der Waals surface area contributed by atoms with E-state index in [-0.39, 0.29) is 11.9 Å². The van der Waals surface area contributed by atoms with Crippen molar-refractivity contribution < 1.29 is 4.79 Å². The van der Waals surface area contributed by atoms with E-state index in [2.05, 4.69) is 72.3 Å². The summed E-state index contributed by atoms with van der Waals surface area (Å²) in [6.45, 7) is 5.10. The molecule has 4 heteroatoms. The Morgan fingerprint density at radius 2 is 1.83 bits per heavy atom. The fraction of sp³-hybridized carbons (Fsp3) is 0.385. The molecule has 2 heterocycles. The number of nitrogens with zero attached hydrogens (tertiary/aromatic N) is 2. The normalized spacial score (nSPS) is 14.6. The Bertz CT molecular complexity index is 989. The summed E-state index contributed by atoms with van der Waals surface area (Å²) in [6, 6.07) is 19.0. The number of amides is 1. The Balaban J connectivity index is 1.53. The van der Waals surface area contributed by atoms with Gasteiger partial charge in [0.2, 0.25) is 0 Å². The van der Waals surface area contributed by atoms with Crippen molar-refractivity contribution in [3.05, 3.63) is 77.1 Å². The predicted octanol–water partition coefficient (Wildman–Crippen LogP) is 5.34. The second-order valence-electron chi connectivity index (χ2n) is 8.46. The molecule has 0 radical (unpaired) electrons. The lowest BCUT2D eigenvalue weighted by molar-refractivity contribution is 0.0932. The third-order valence-electron chi connectivity index (χ3n) is 5.98. The van der Waals surface area contributed by atoms with Gasteiger partial charge in [-0.05, 0) is 51.5 Å². The van der Waals surface area contributed by atoms with Gasteiger partial charge in [-0.15, -0.1) is 0 Å². The summed E-state index contributed by atoms with van der Waals surface area (Å²) in [4.78, 5) is 18.0. The fourth-order valence-electron chi connectivity index (χ4n) is 4.22. The molecule has 1 amide bonds. The standard InChI is InChI=1S/C26H31N3O/c1-19-12-16-22(17-13-19)25-28-24(23-11-7-4-8-18-29(23)25)26(30)27-20(2)14-15-21-9-5-3-6-10-21/h3,5-6,9-10,12-13,16-17,20H,4,7-8,11,14-15,18H2,1-2H3,(H,27,30). The number of hydrogen-bond donors (Lipinski definition) is 1. The van der Waals surface area contributed by atoms with Gasteiger partial charge in [-0.3, -0.25) is 4.79 Å². The maximum Gasteiger partial charge on any atom is 0.271 e. The third kappa shape index (κ3) is 4.64. The minimum absolute atomic E-state index is 0.0421. The molecule has 3 aromatic rings. The Hall–Kier alpha value is -2.88. The first-order chi connectivity index (χ1) is 14.6. The molecule has 0 aliphatic carbocycles. The molecule has 1 atom stereocenters. The van der Waals surface area contributed by atoms with Crippen LogP contribution in [-0.2, 0) is 19.4 Å². The highest BCUT2D eigenvalue weighted by Gasteiger charge is 2.25. The quantitative estimate of drug-likeness (QED) is 0.606. The molecule has 1 aromatic heterocycles. The van der Waals surface area contributed by atoms with E-state index in [0.29, 0.717) is 5.69 Å². The predicted molar refractivity (Wildman–Crippen MR) is 122 cm³/mol. The number of nitrogens with one attached hydrogen (secondary N) is 1. The number of imidazole rings is 1. The number of rotatable bonds is 6. The van der Waals surface area contributed by atoms with Crippen LogP contribution in [0.15, 0.2) is 54.6 Å². The van der Waals surface area contributed by atoms with E-state index in [4.69, 9.17) is 4.98 Å². The van der Waals surface area contributed by atoms with Gasteiger partial charge in [0.15, 0.2) is 0 Å². The molecule has 1 unspecified atom stereocenters. The lowest BCUT2D eigenvalue weighted by Crippen LogP contribution is -2.33. The van der Waals surface area contributed by atoms with Crippen LogP contribution in [0.5, 0.6) is 0 Å². The summed E-state index contributed by atoms with van der Waals surface area (Å²) < 4.78 is 2.28. The number of carbonyl (C=O) groups excluding carboxylic acids is 1. The first-order valence-corrected chi connectivity index (χ1v) is 11.1. The highest BCUT2D eigenvalue weighted by atomic mass is 16.2. The van der Waals surface area contributed by atoms with Crippen molar-refractivity contribution in [1.82, 2.24) is 14.9 Å². The van der Waals surface area contributed by atoms with Gasteiger partial charge in [0.05, 0.1) is 5.69 Å². The maximum atomic E-state index is 13.2. The molecule has 0 bridgehead atoms. The van der Waals surface area contributed by atoms with Gasteiger partial charge in [-0.25, -0.2) is 4.98 Å². The lowest BCUT2D eigenvalue weighted by Gasteiger charge is -2.14. The third-order valence-corrected chi connectivity index (χ3v) is 5.98. The Kier molecular flexibility index (Phi) is 6.32. The van der Waals surface area contributed by atoms with Crippen LogP contribution in [0.2, 0.25) is 0 Å². The van der Waals surface area contributed by atoms with Crippen molar-refractivity contribution in [2.24, 2.45) is 0 Å². The first-order valence-electron chi connectivity index (χ1n) is 11.1. The summed E-state index contributed by atoms with van der Waals surface area (Å²) in [5, 5.41) is 3.20. The van der Waals surface area contributed by atoms with Gasteiger partial charge >= 0.3 is 0 Å². The maximum absolute atomic E-state index is 13.2. The minimum atomic E-state index is -0.0421. The number of carbonyl (C=O) groups is 1. The molecular formula is C26H31N3O. The number of benzene rings is 2. The van der Waals surface area contributed by atoms with Crippen LogP contribution in [0.1, 0.15) is 59.9 Å². The second-order valence-corrected chi connectivity index (χ2v) is 8.46. The molecular weight excluding hydrogens is 370 g/mol. The number of aryl methyl sites for hydroxylation is 2. The lowest BCUT2D eigenvalue weighted by atomic mass is 10.1. The van der Waals surface area contributed by atoms with Crippen LogP contribution < -0.4 is 5.32 Å². The summed E-state index contributed by atoms with van der Waals surface area (Å²) in [5.74, 6) is 0.883. The van der Waals surface area contributed by atoms with Gasteiger partial charge in [0.1, 0.15) is 11.5 Å². The monoisotopic (exact) mass is 401 g/mol. The molecule has 0 spiro atoms. The van der Waals surface area contributed by atoms with Crippen molar-refractivity contribution in [2.45, 2.75) is 65.0 Å². The molecule has 4 rings (SSSR count). The summed E-state index contributed by atoms with van der Waals surface area (Å²) in [6.07, 6.45) is 6.23. The average molecular weight is 402 g/mol. The van der Waals surface area contributed by atoms with E-state index in [9.17, 15) is 4.79 Å². The highest BCUT2D eigenvalue weighted by molar-refractivity contribution is 5.94. The highest BCUT2D eigenvalue weighted by Crippen LogP contribution is 2.27. The average Bonchev–Trinajstić information content (AvgIpc) is 2.95. The Labute approximate surface area is 179 Å². The molecule has 0 saturated heterocycles. The molecule has 0 saturated carbocycles. The van der Waals surface area contributed by atoms with Crippen LogP contribution in [0.3, 0.4) is 0 Å². The molecule has 2 aromatic carbocycles. The van der Waals surface area contributed by atoms with Gasteiger partial charge in [-0.1, -0.05) is 66.6 Å². The minimum Gasteiger partial charge on any atom is -0.348 e. The van der Waals surface area contributed by atoms with Crippen molar-refractivity contribution in [3.63, 3.8) is 0 Å². The zero-order chi connectivity index (χ0) is 20.9. The van der Waals surface area contributed by atoms with Crippen LogP contribution in [-0.4, -0.2) is 21.5 Å². The largest absolute Gasteiger partial charge is 0.348 e. The van der Waals surface area contributed by atoms with Crippen LogP contribution in [0.25, 0.3) is 11.4 Å². The zero-order valence-electron chi connectivity index (χ0n) is 18.0. The summed E-state index contributed by atoms with van der Waals surface area (Å²) in [7, 11) is 0. The zero-order valence-corrected chi connectivity index (χ0v) is 18.0. The van der Waals surface area contributed by atoms with E-state index < -0.39 is 0 Å². The van der Waals surface area contributed by atoms with Gasteiger partial charge < -0.3 is 9.88 Å². The smallest absolute Gasteiger partial charge is 0.271 e. The molecule has 4 nitrogen and oxygen atoms in total. The van der Waals surface area contributed by atoms with Gasteiger partial charge in [-0.2, -0.15) is 0 Å². The van der Waals surface area contributed by atoms with E-state index in [0.717, 1.165) is 55.7 Å². The van der Waals surface area contributed by atoms with E-state index >= 15 is 0 Å². The first kappa shape index (κ1) is 20.4. The van der Waals surface area contributed by atoms with Crippen LogP contribution in [0, 0.1) is 6.92 Å². The van der Waals surface area contributed by atoms with E-state index in [1.807, 2.05) is 6.07 Å². The van der Waals surface area contributed by atoms with Crippen molar-refractivity contribution in [1.29, 1.82) is 0 Å². The van der Waals surface area contributed by atoms with Crippen molar-refractivity contribution >= 4 is 5.91 Å². The number of hydrogen-bond acceptors (Lipinski definition) is 2. The Morgan fingerprint density at radius 3 is 2.60 bits per heavy atom. The molecule has 0 fully saturated rings. The number of fused-ring (bicyclic) bond motifs is 1. The molecule has 156 valence electrons. The fourth-order valence-corrected chi connectivity index (χ4v) is 4.22. The SMILES string of the molecule is Cc1ccc(-c2nc(C(=O)NC(C)CCc3ccccc3)c3n2CCCCC3)cc1. The molecule has 1 aliphatic rings. The van der Waals surface area contributed by atoms with E-state index in [1.165, 1.54) is 17.5 Å². The van der Waals surface area contributed by atoms with Gasteiger partial charge in [0.25, 0.3) is 5.91 Å². The summed E-state index contributed by atoms with van der Waals surface area (Å²) >= 11 is 0. The summed E-state index contributed by atoms with van der Waals surface area (Å²) in [5.41, 5.74) is 5.32. The number of aromatic nitrogens is 2.